The molecule has 1 N–H and O–H groups in total. The fraction of sp³-hybridized carbons (Fsp3) is 0.750. The number of carbonyl (C=O) groups is 1. The van der Waals surface area contributed by atoms with Crippen molar-refractivity contribution in [2.75, 3.05) is 17.3 Å². The van der Waals surface area contributed by atoms with Crippen LogP contribution in [0.1, 0.15) is 49.5 Å². The van der Waals surface area contributed by atoms with Gasteiger partial charge in [-0.1, -0.05) is 24.6 Å². The van der Waals surface area contributed by atoms with Crippen molar-refractivity contribution < 1.29 is 13.2 Å². The summed E-state index contributed by atoms with van der Waals surface area (Å²) < 4.78 is 25.2. The van der Waals surface area contributed by atoms with Gasteiger partial charge in [-0.2, -0.15) is 0 Å². The molecule has 1 saturated carbocycles. The number of rotatable bonds is 5. The Morgan fingerprint density at radius 2 is 2.00 bits per heavy atom. The highest BCUT2D eigenvalue weighted by Gasteiger charge is 2.29. The highest BCUT2D eigenvalue weighted by Crippen LogP contribution is 2.35. The van der Waals surface area contributed by atoms with Gasteiger partial charge in [-0.05, 0) is 33.1 Å². The molecule has 6 nitrogen and oxygen atoms in total. The number of nitrogens with zero attached hydrogens (tertiary/aromatic N) is 2. The minimum absolute atomic E-state index is 0.0678. The largest absolute Gasteiger partial charge is 0.352 e. The van der Waals surface area contributed by atoms with Crippen molar-refractivity contribution in [1.29, 1.82) is 0 Å². The van der Waals surface area contributed by atoms with Crippen LogP contribution >= 0.6 is 11.8 Å². The van der Waals surface area contributed by atoms with E-state index in [1.54, 1.807) is 0 Å². The second kappa shape index (κ2) is 7.07. The first-order valence-electron chi connectivity index (χ1n) is 8.54. The van der Waals surface area contributed by atoms with Crippen LogP contribution in [-0.4, -0.2) is 47.2 Å². The van der Waals surface area contributed by atoms with Crippen molar-refractivity contribution in [3.05, 3.63) is 11.4 Å². The quantitative estimate of drug-likeness (QED) is 0.801. The molecule has 1 unspecified atom stereocenters. The monoisotopic (exact) mass is 371 g/mol. The smallest absolute Gasteiger partial charge is 0.230 e. The van der Waals surface area contributed by atoms with E-state index in [1.165, 1.54) is 43.1 Å². The maximum atomic E-state index is 12.1. The molecule has 1 aromatic heterocycles. The number of aryl methyl sites for hydroxylation is 1. The number of sulfone groups is 1. The number of imidazole rings is 1. The van der Waals surface area contributed by atoms with E-state index in [1.807, 2.05) is 6.92 Å². The third kappa shape index (κ3) is 3.96. The molecule has 1 atom stereocenters. The van der Waals surface area contributed by atoms with Gasteiger partial charge < -0.3 is 9.88 Å². The maximum absolute atomic E-state index is 12.1. The summed E-state index contributed by atoms with van der Waals surface area (Å²) in [6, 6.07) is 0.262. The molecule has 1 amide bonds. The van der Waals surface area contributed by atoms with Gasteiger partial charge in [0, 0.05) is 17.8 Å². The van der Waals surface area contributed by atoms with Crippen LogP contribution in [0.5, 0.6) is 0 Å². The van der Waals surface area contributed by atoms with Gasteiger partial charge in [-0.25, -0.2) is 13.4 Å². The molecule has 1 aliphatic heterocycles. The zero-order valence-corrected chi connectivity index (χ0v) is 15.9. The van der Waals surface area contributed by atoms with Gasteiger partial charge in [-0.15, -0.1) is 0 Å². The van der Waals surface area contributed by atoms with E-state index in [4.69, 9.17) is 0 Å². The summed E-state index contributed by atoms with van der Waals surface area (Å²) in [5, 5.41) is 3.75. The van der Waals surface area contributed by atoms with Gasteiger partial charge in [-0.3, -0.25) is 4.79 Å². The molecular weight excluding hydrogens is 346 g/mol. The Labute approximate surface area is 147 Å². The lowest BCUT2D eigenvalue weighted by molar-refractivity contribution is -0.119. The van der Waals surface area contributed by atoms with Crippen LogP contribution in [0.25, 0.3) is 0 Å². The van der Waals surface area contributed by atoms with Crippen LogP contribution in [0.3, 0.4) is 0 Å². The van der Waals surface area contributed by atoms with Crippen molar-refractivity contribution in [1.82, 2.24) is 14.9 Å². The molecule has 2 heterocycles. The molecule has 1 aliphatic carbocycles. The lowest BCUT2D eigenvalue weighted by Gasteiger charge is -2.17. The first-order valence-corrected chi connectivity index (χ1v) is 11.3. The van der Waals surface area contributed by atoms with E-state index in [0.717, 1.165) is 10.9 Å². The standard InChI is InChI=1S/C16H25N3O3S2/c1-11-12(2)19(14-5-3-4-6-14)16(17-11)23-9-15(20)18-13-7-8-24(21,22)10-13/h13-14H,3-10H2,1-2H3,(H,18,20). The fourth-order valence-corrected chi connectivity index (χ4v) is 6.24. The molecule has 0 aromatic carbocycles. The maximum Gasteiger partial charge on any atom is 0.230 e. The topological polar surface area (TPSA) is 81.1 Å². The average molecular weight is 372 g/mol. The minimum Gasteiger partial charge on any atom is -0.352 e. The van der Waals surface area contributed by atoms with Crippen LogP contribution in [-0.2, 0) is 14.6 Å². The summed E-state index contributed by atoms with van der Waals surface area (Å²) >= 11 is 1.45. The lowest BCUT2D eigenvalue weighted by Crippen LogP contribution is -2.36. The molecule has 3 rings (SSSR count). The molecule has 134 valence electrons. The normalized spacial score (nSPS) is 23.7. The van der Waals surface area contributed by atoms with Crippen molar-refractivity contribution in [2.24, 2.45) is 0 Å². The molecule has 0 radical (unpaired) electrons. The van der Waals surface area contributed by atoms with Crippen molar-refractivity contribution in [2.45, 2.75) is 63.2 Å². The fourth-order valence-electron chi connectivity index (χ4n) is 3.60. The number of carbonyl (C=O) groups excluding carboxylic acids is 1. The zero-order chi connectivity index (χ0) is 17.3. The van der Waals surface area contributed by atoms with Gasteiger partial charge in [0.25, 0.3) is 0 Å². The summed E-state index contributed by atoms with van der Waals surface area (Å²) in [6.07, 6.45) is 5.38. The molecule has 0 bridgehead atoms. The minimum atomic E-state index is -2.97. The van der Waals surface area contributed by atoms with E-state index in [-0.39, 0.29) is 29.2 Å². The summed E-state index contributed by atoms with van der Waals surface area (Å²) in [4.78, 5) is 16.8. The average Bonchev–Trinajstić information content (AvgIpc) is 3.19. The third-order valence-electron chi connectivity index (χ3n) is 4.97. The second-order valence-corrected chi connectivity index (χ2v) is 10.0. The first kappa shape index (κ1) is 17.8. The van der Waals surface area contributed by atoms with Gasteiger partial charge in [0.2, 0.25) is 5.91 Å². The van der Waals surface area contributed by atoms with E-state index < -0.39 is 9.84 Å². The van der Waals surface area contributed by atoms with E-state index in [9.17, 15) is 13.2 Å². The number of thioether (sulfide) groups is 1. The SMILES string of the molecule is Cc1nc(SCC(=O)NC2CCS(=O)(=O)C2)n(C2CCCC2)c1C. The highest BCUT2D eigenvalue weighted by atomic mass is 32.2. The summed E-state index contributed by atoms with van der Waals surface area (Å²) in [6.45, 7) is 4.10. The molecule has 1 aromatic rings. The van der Waals surface area contributed by atoms with E-state index in [2.05, 4.69) is 21.8 Å². The van der Waals surface area contributed by atoms with Crippen molar-refractivity contribution in [3.8, 4) is 0 Å². The Morgan fingerprint density at radius 1 is 1.29 bits per heavy atom. The Kier molecular flexibility index (Phi) is 5.24. The van der Waals surface area contributed by atoms with Gasteiger partial charge in [0.1, 0.15) is 0 Å². The molecule has 2 fully saturated rings. The number of nitrogens with one attached hydrogen (secondary N) is 1. The predicted molar refractivity (Wildman–Crippen MR) is 95.1 cm³/mol. The van der Waals surface area contributed by atoms with Crippen molar-refractivity contribution >= 4 is 27.5 Å². The molecule has 2 aliphatic rings. The van der Waals surface area contributed by atoms with E-state index >= 15 is 0 Å². The number of hydrogen-bond acceptors (Lipinski definition) is 5. The zero-order valence-electron chi connectivity index (χ0n) is 14.2. The highest BCUT2D eigenvalue weighted by molar-refractivity contribution is 7.99. The van der Waals surface area contributed by atoms with Crippen LogP contribution in [0.4, 0.5) is 0 Å². The number of aromatic nitrogens is 2. The Morgan fingerprint density at radius 3 is 2.62 bits per heavy atom. The molecule has 0 spiro atoms. The Balaban J connectivity index is 1.60. The second-order valence-electron chi connectivity index (χ2n) is 6.83. The van der Waals surface area contributed by atoms with Crippen LogP contribution < -0.4 is 5.32 Å². The van der Waals surface area contributed by atoms with Gasteiger partial charge in [0.05, 0.1) is 23.0 Å². The van der Waals surface area contributed by atoms with Gasteiger partial charge in [0.15, 0.2) is 15.0 Å². The number of hydrogen-bond donors (Lipinski definition) is 1. The predicted octanol–water partition coefficient (Wildman–Crippen LogP) is 2.01. The molecule has 8 heteroatoms. The Bertz CT molecular complexity index is 721. The third-order valence-corrected chi connectivity index (χ3v) is 7.69. The molecular formula is C16H25N3O3S2. The lowest BCUT2D eigenvalue weighted by atomic mass is 10.2. The van der Waals surface area contributed by atoms with Gasteiger partial charge >= 0.3 is 0 Å². The van der Waals surface area contributed by atoms with Crippen LogP contribution in [0.2, 0.25) is 0 Å². The molecule has 24 heavy (non-hydrogen) atoms. The van der Waals surface area contributed by atoms with Crippen LogP contribution in [0, 0.1) is 13.8 Å². The number of amides is 1. The first-order chi connectivity index (χ1) is 11.4. The summed E-state index contributed by atoms with van der Waals surface area (Å²) in [7, 11) is -2.97. The molecule has 1 saturated heterocycles. The Hall–Kier alpha value is -1.02. The summed E-state index contributed by atoms with van der Waals surface area (Å²) in [5.74, 6) is 0.408. The van der Waals surface area contributed by atoms with Crippen molar-refractivity contribution in [3.63, 3.8) is 0 Å². The van der Waals surface area contributed by atoms with Crippen LogP contribution in [0.15, 0.2) is 5.16 Å². The summed E-state index contributed by atoms with van der Waals surface area (Å²) in [5.41, 5.74) is 2.21. The van der Waals surface area contributed by atoms with E-state index in [0.29, 0.717) is 12.5 Å².